The van der Waals surface area contributed by atoms with Crippen LogP contribution in [0.5, 0.6) is 0 Å². The van der Waals surface area contributed by atoms with Gasteiger partial charge in [-0.05, 0) is 24.6 Å². The normalized spacial score (nSPS) is 10.2. The van der Waals surface area contributed by atoms with Gasteiger partial charge in [0.25, 0.3) is 17.3 Å². The maximum absolute atomic E-state index is 12.4. The zero-order chi connectivity index (χ0) is 20.7. The molecule has 0 saturated carbocycles. The molecule has 0 aliphatic rings. The number of carbonyl (C=O) groups is 2. The Morgan fingerprint density at radius 2 is 1.50 bits per heavy atom. The molecule has 0 unspecified atom stereocenters. The number of hydrogen-bond donors (Lipinski definition) is 2. The van der Waals surface area contributed by atoms with Gasteiger partial charge in [-0.2, -0.15) is 0 Å². The van der Waals surface area contributed by atoms with Crippen molar-refractivity contribution in [2.75, 3.05) is 10.6 Å². The van der Waals surface area contributed by atoms with E-state index < -0.39 is 27.1 Å². The summed E-state index contributed by atoms with van der Waals surface area (Å²) in [4.78, 5) is 44.5. The summed E-state index contributed by atoms with van der Waals surface area (Å²) in [6.07, 6.45) is 2.02. The fourth-order valence-electron chi connectivity index (χ4n) is 2.38. The number of rotatable bonds is 8. The molecular formula is C18H18N4O6. The fraction of sp³-hybridized carbons (Fsp3) is 0.222. The number of nitro groups is 2. The van der Waals surface area contributed by atoms with E-state index >= 15 is 0 Å². The molecule has 0 fully saturated rings. The quantitative estimate of drug-likeness (QED) is 0.520. The number of amides is 2. The lowest BCUT2D eigenvalue weighted by atomic mass is 10.1. The molecule has 0 heterocycles. The monoisotopic (exact) mass is 386 g/mol. The van der Waals surface area contributed by atoms with E-state index in [1.807, 2.05) is 6.92 Å². The molecule has 2 aromatic carbocycles. The van der Waals surface area contributed by atoms with Gasteiger partial charge >= 0.3 is 0 Å². The largest absolute Gasteiger partial charge is 0.326 e. The number of nitro benzene ring substituents is 2. The summed E-state index contributed by atoms with van der Waals surface area (Å²) < 4.78 is 0. The average molecular weight is 386 g/mol. The summed E-state index contributed by atoms with van der Waals surface area (Å²) in [5.41, 5.74) is -0.540. The Balaban J connectivity index is 2.19. The van der Waals surface area contributed by atoms with Crippen molar-refractivity contribution in [1.82, 2.24) is 0 Å². The highest BCUT2D eigenvalue weighted by Crippen LogP contribution is 2.24. The van der Waals surface area contributed by atoms with E-state index in [2.05, 4.69) is 10.6 Å². The number of hydrogen-bond acceptors (Lipinski definition) is 6. The minimum Gasteiger partial charge on any atom is -0.326 e. The molecule has 2 rings (SSSR count). The molecule has 0 bridgehead atoms. The van der Waals surface area contributed by atoms with Gasteiger partial charge in [-0.15, -0.1) is 0 Å². The van der Waals surface area contributed by atoms with Crippen molar-refractivity contribution >= 4 is 34.6 Å². The maximum atomic E-state index is 12.4. The smallest absolute Gasteiger partial charge is 0.277 e. The zero-order valence-corrected chi connectivity index (χ0v) is 15.0. The number of anilines is 2. The Labute approximate surface area is 159 Å². The number of non-ortho nitro benzene ring substituents is 2. The Bertz CT molecular complexity index is 896. The minimum atomic E-state index is -0.809. The molecule has 0 aliphatic heterocycles. The zero-order valence-electron chi connectivity index (χ0n) is 15.0. The SMILES string of the molecule is CCCCC(=O)Nc1cccc(NC(=O)c2cc([N+](=O)[O-])cc([N+](=O)[O-])c2)c1. The lowest BCUT2D eigenvalue weighted by Crippen LogP contribution is -2.14. The van der Waals surface area contributed by atoms with Crippen LogP contribution < -0.4 is 10.6 Å². The maximum Gasteiger partial charge on any atom is 0.277 e. The summed E-state index contributed by atoms with van der Waals surface area (Å²) in [5.74, 6) is -0.902. The fourth-order valence-corrected chi connectivity index (χ4v) is 2.38. The Morgan fingerprint density at radius 3 is 2.04 bits per heavy atom. The molecule has 0 aliphatic carbocycles. The molecule has 28 heavy (non-hydrogen) atoms. The van der Waals surface area contributed by atoms with Crippen LogP contribution in [0.3, 0.4) is 0 Å². The van der Waals surface area contributed by atoms with Crippen LogP contribution in [0.4, 0.5) is 22.7 Å². The van der Waals surface area contributed by atoms with E-state index in [1.54, 1.807) is 18.2 Å². The Morgan fingerprint density at radius 1 is 0.929 bits per heavy atom. The van der Waals surface area contributed by atoms with Gasteiger partial charge in [-0.3, -0.25) is 29.8 Å². The number of nitrogens with one attached hydrogen (secondary N) is 2. The highest BCUT2D eigenvalue weighted by molar-refractivity contribution is 6.05. The van der Waals surface area contributed by atoms with Crippen molar-refractivity contribution in [2.24, 2.45) is 0 Å². The summed E-state index contributed by atoms with van der Waals surface area (Å²) >= 11 is 0. The van der Waals surface area contributed by atoms with Crippen molar-refractivity contribution in [1.29, 1.82) is 0 Å². The van der Waals surface area contributed by atoms with Crippen molar-refractivity contribution in [2.45, 2.75) is 26.2 Å². The summed E-state index contributed by atoms with van der Waals surface area (Å²) in [6.45, 7) is 1.97. The average Bonchev–Trinajstić information content (AvgIpc) is 2.66. The van der Waals surface area contributed by atoms with Crippen LogP contribution in [0.2, 0.25) is 0 Å². The van der Waals surface area contributed by atoms with Gasteiger partial charge in [-0.1, -0.05) is 19.4 Å². The molecular weight excluding hydrogens is 368 g/mol. The topological polar surface area (TPSA) is 144 Å². The molecule has 2 amide bonds. The Hall–Kier alpha value is -3.82. The lowest BCUT2D eigenvalue weighted by Gasteiger charge is -2.09. The lowest BCUT2D eigenvalue weighted by molar-refractivity contribution is -0.394. The van der Waals surface area contributed by atoms with Gasteiger partial charge in [-0.25, -0.2) is 0 Å². The van der Waals surface area contributed by atoms with Gasteiger partial charge in [0.05, 0.1) is 21.5 Å². The number of benzene rings is 2. The van der Waals surface area contributed by atoms with Crippen molar-refractivity contribution in [3.63, 3.8) is 0 Å². The number of nitrogens with zero attached hydrogens (tertiary/aromatic N) is 2. The molecule has 10 nitrogen and oxygen atoms in total. The molecule has 2 N–H and O–H groups in total. The van der Waals surface area contributed by atoms with Gasteiger partial charge in [0.15, 0.2) is 0 Å². The molecule has 0 atom stereocenters. The standard InChI is InChI=1S/C18H18N4O6/c1-2-3-7-17(23)19-13-5-4-6-14(10-13)20-18(24)12-8-15(21(25)26)11-16(9-12)22(27)28/h4-6,8-11H,2-3,7H2,1H3,(H,19,23)(H,20,24). The molecule has 0 spiro atoms. The van der Waals surface area contributed by atoms with Crippen LogP contribution in [0.1, 0.15) is 36.5 Å². The molecule has 0 radical (unpaired) electrons. The van der Waals surface area contributed by atoms with Crippen molar-refractivity contribution in [3.8, 4) is 0 Å². The first-order valence-corrected chi connectivity index (χ1v) is 8.45. The Kier molecular flexibility index (Phi) is 6.74. The van der Waals surface area contributed by atoms with Gasteiger partial charge in [0, 0.05) is 29.9 Å². The van der Waals surface area contributed by atoms with E-state index in [9.17, 15) is 29.8 Å². The molecule has 146 valence electrons. The predicted molar refractivity (Wildman–Crippen MR) is 102 cm³/mol. The predicted octanol–water partition coefficient (Wildman–Crippen LogP) is 3.88. The van der Waals surface area contributed by atoms with Gasteiger partial charge < -0.3 is 10.6 Å². The van der Waals surface area contributed by atoms with E-state index in [4.69, 9.17) is 0 Å². The van der Waals surface area contributed by atoms with E-state index in [0.717, 1.165) is 31.0 Å². The first kappa shape index (κ1) is 20.5. The second-order valence-corrected chi connectivity index (χ2v) is 5.94. The molecule has 2 aromatic rings. The number of unbranched alkanes of at least 4 members (excludes halogenated alkanes) is 1. The van der Waals surface area contributed by atoms with Crippen LogP contribution >= 0.6 is 0 Å². The minimum absolute atomic E-state index is 0.153. The second-order valence-electron chi connectivity index (χ2n) is 5.94. The third kappa shape index (κ3) is 5.59. The number of carbonyl (C=O) groups excluding carboxylic acids is 2. The van der Waals surface area contributed by atoms with E-state index in [0.29, 0.717) is 17.8 Å². The highest BCUT2D eigenvalue weighted by atomic mass is 16.6. The van der Waals surface area contributed by atoms with Crippen LogP contribution in [-0.4, -0.2) is 21.7 Å². The molecule has 0 saturated heterocycles. The third-order valence-electron chi connectivity index (χ3n) is 3.75. The van der Waals surface area contributed by atoms with Crippen LogP contribution in [-0.2, 0) is 4.79 Å². The molecule has 10 heteroatoms. The van der Waals surface area contributed by atoms with E-state index in [1.165, 1.54) is 6.07 Å². The summed E-state index contributed by atoms with van der Waals surface area (Å²) in [7, 11) is 0. The van der Waals surface area contributed by atoms with Gasteiger partial charge in [0.1, 0.15) is 0 Å². The van der Waals surface area contributed by atoms with E-state index in [-0.39, 0.29) is 11.5 Å². The first-order chi connectivity index (χ1) is 13.3. The van der Waals surface area contributed by atoms with Gasteiger partial charge in [0.2, 0.25) is 5.91 Å². The first-order valence-electron chi connectivity index (χ1n) is 8.45. The van der Waals surface area contributed by atoms with Crippen LogP contribution in [0.15, 0.2) is 42.5 Å². The summed E-state index contributed by atoms with van der Waals surface area (Å²) in [6, 6.07) is 9.04. The van der Waals surface area contributed by atoms with Crippen LogP contribution in [0, 0.1) is 20.2 Å². The highest BCUT2D eigenvalue weighted by Gasteiger charge is 2.20. The van der Waals surface area contributed by atoms with Crippen molar-refractivity contribution in [3.05, 3.63) is 68.3 Å². The summed E-state index contributed by atoms with van der Waals surface area (Å²) in [5, 5.41) is 27.1. The van der Waals surface area contributed by atoms with Crippen molar-refractivity contribution < 1.29 is 19.4 Å². The second kappa shape index (κ2) is 9.21. The molecule has 0 aromatic heterocycles. The third-order valence-corrected chi connectivity index (χ3v) is 3.75. The van der Waals surface area contributed by atoms with Crippen LogP contribution in [0.25, 0.3) is 0 Å².